The molecule has 1 aliphatic carbocycles. The minimum atomic E-state index is -0.582. The highest BCUT2D eigenvalue weighted by molar-refractivity contribution is 5.23. The Labute approximate surface area is 115 Å². The molecule has 106 valence electrons. The Morgan fingerprint density at radius 1 is 1.47 bits per heavy atom. The molecule has 0 aliphatic heterocycles. The summed E-state index contributed by atoms with van der Waals surface area (Å²) in [6.45, 7) is 5.15. The highest BCUT2D eigenvalue weighted by Gasteiger charge is 2.31. The average Bonchev–Trinajstić information content (AvgIpc) is 2.33. The molecule has 0 amide bonds. The first-order valence-corrected chi connectivity index (χ1v) is 7.17. The second-order valence-corrected chi connectivity index (χ2v) is 6.11. The number of rotatable bonds is 4. The summed E-state index contributed by atoms with van der Waals surface area (Å²) in [6.07, 6.45) is 4.04. The van der Waals surface area contributed by atoms with Gasteiger partial charge in [0, 0.05) is 13.1 Å². The third kappa shape index (κ3) is 4.02. The summed E-state index contributed by atoms with van der Waals surface area (Å²) in [5.41, 5.74) is 1.01. The van der Waals surface area contributed by atoms with E-state index in [4.69, 9.17) is 0 Å². The maximum atomic E-state index is 13.4. The van der Waals surface area contributed by atoms with Crippen LogP contribution in [0.3, 0.4) is 0 Å². The monoisotopic (exact) mass is 265 g/mol. The van der Waals surface area contributed by atoms with Crippen LogP contribution in [0.2, 0.25) is 0 Å². The van der Waals surface area contributed by atoms with Crippen molar-refractivity contribution >= 4 is 0 Å². The maximum absolute atomic E-state index is 13.4. The van der Waals surface area contributed by atoms with Gasteiger partial charge in [-0.2, -0.15) is 0 Å². The van der Waals surface area contributed by atoms with Crippen LogP contribution in [-0.4, -0.2) is 17.3 Å². The lowest BCUT2D eigenvalue weighted by Crippen LogP contribution is -2.43. The highest BCUT2D eigenvalue weighted by Crippen LogP contribution is 2.31. The van der Waals surface area contributed by atoms with E-state index in [2.05, 4.69) is 12.2 Å². The van der Waals surface area contributed by atoms with Gasteiger partial charge in [-0.3, -0.25) is 0 Å². The fourth-order valence-corrected chi connectivity index (χ4v) is 2.98. The van der Waals surface area contributed by atoms with Gasteiger partial charge >= 0.3 is 0 Å². The molecule has 1 aliphatic rings. The number of halogens is 1. The van der Waals surface area contributed by atoms with Gasteiger partial charge in [-0.15, -0.1) is 0 Å². The Kier molecular flexibility index (Phi) is 4.58. The second kappa shape index (κ2) is 6.02. The smallest absolute Gasteiger partial charge is 0.126 e. The summed E-state index contributed by atoms with van der Waals surface area (Å²) >= 11 is 0. The zero-order valence-electron chi connectivity index (χ0n) is 11.9. The predicted octanol–water partition coefficient (Wildman–Crippen LogP) is 3.16. The van der Waals surface area contributed by atoms with Gasteiger partial charge in [0.05, 0.1) is 5.60 Å². The molecule has 0 bridgehead atoms. The topological polar surface area (TPSA) is 32.3 Å². The van der Waals surface area contributed by atoms with Gasteiger partial charge in [0.2, 0.25) is 0 Å². The molecule has 2 unspecified atom stereocenters. The molecule has 1 saturated carbocycles. The first kappa shape index (κ1) is 14.5. The van der Waals surface area contributed by atoms with Gasteiger partial charge in [0.15, 0.2) is 0 Å². The van der Waals surface area contributed by atoms with E-state index in [0.29, 0.717) is 24.6 Å². The lowest BCUT2D eigenvalue weighted by molar-refractivity contribution is -0.0119. The van der Waals surface area contributed by atoms with Crippen molar-refractivity contribution in [2.75, 3.05) is 6.54 Å². The van der Waals surface area contributed by atoms with Crippen molar-refractivity contribution in [3.8, 4) is 0 Å². The first-order valence-electron chi connectivity index (χ1n) is 7.17. The molecule has 2 atom stereocenters. The van der Waals surface area contributed by atoms with E-state index in [1.807, 2.05) is 6.07 Å². The minimum absolute atomic E-state index is 0.163. The van der Waals surface area contributed by atoms with Crippen LogP contribution in [0.4, 0.5) is 4.39 Å². The maximum Gasteiger partial charge on any atom is 0.126 e. The molecule has 19 heavy (non-hydrogen) atoms. The quantitative estimate of drug-likeness (QED) is 0.876. The molecule has 0 saturated heterocycles. The summed E-state index contributed by atoms with van der Waals surface area (Å²) in [7, 11) is 0. The SMILES string of the molecule is Cc1ccc(CNCC2(O)CCCC(C)C2)cc1F. The number of hydrogen-bond donors (Lipinski definition) is 2. The third-order valence-corrected chi connectivity index (χ3v) is 4.09. The fraction of sp³-hybridized carbons (Fsp3) is 0.625. The van der Waals surface area contributed by atoms with Crippen LogP contribution in [0, 0.1) is 18.7 Å². The van der Waals surface area contributed by atoms with Crippen molar-refractivity contribution in [2.24, 2.45) is 5.92 Å². The number of aryl methyl sites for hydroxylation is 1. The van der Waals surface area contributed by atoms with Gasteiger partial charge in [-0.05, 0) is 42.9 Å². The number of hydrogen-bond acceptors (Lipinski definition) is 2. The van der Waals surface area contributed by atoms with Crippen LogP contribution in [0.1, 0.15) is 43.7 Å². The molecular formula is C16H24FNO. The summed E-state index contributed by atoms with van der Waals surface area (Å²) in [5, 5.41) is 13.7. The largest absolute Gasteiger partial charge is 0.389 e. The Balaban J connectivity index is 1.84. The number of aliphatic hydroxyl groups is 1. The van der Waals surface area contributed by atoms with E-state index < -0.39 is 5.60 Å². The van der Waals surface area contributed by atoms with Crippen LogP contribution in [-0.2, 0) is 6.54 Å². The zero-order valence-corrected chi connectivity index (χ0v) is 11.9. The molecular weight excluding hydrogens is 241 g/mol. The van der Waals surface area contributed by atoms with Gasteiger partial charge in [-0.25, -0.2) is 4.39 Å². The standard InChI is InChI=1S/C16H24FNO/c1-12-4-3-7-16(19,9-12)11-18-10-14-6-5-13(2)15(17)8-14/h5-6,8,12,18-19H,3-4,7,9-11H2,1-2H3. The summed E-state index contributed by atoms with van der Waals surface area (Å²) in [4.78, 5) is 0. The molecule has 0 aromatic heterocycles. The van der Waals surface area contributed by atoms with E-state index in [-0.39, 0.29) is 5.82 Å². The summed E-state index contributed by atoms with van der Waals surface area (Å²) in [6, 6.07) is 5.29. The second-order valence-electron chi connectivity index (χ2n) is 6.11. The Morgan fingerprint density at radius 3 is 2.95 bits per heavy atom. The van der Waals surface area contributed by atoms with Gasteiger partial charge < -0.3 is 10.4 Å². The van der Waals surface area contributed by atoms with E-state index in [1.165, 1.54) is 6.42 Å². The molecule has 1 aromatic carbocycles. The fourth-order valence-electron chi connectivity index (χ4n) is 2.98. The van der Waals surface area contributed by atoms with Gasteiger partial charge in [0.1, 0.15) is 5.82 Å². The summed E-state index contributed by atoms with van der Waals surface area (Å²) in [5.74, 6) is 0.432. The van der Waals surface area contributed by atoms with Gasteiger partial charge in [-0.1, -0.05) is 31.9 Å². The van der Waals surface area contributed by atoms with Crippen molar-refractivity contribution < 1.29 is 9.50 Å². The van der Waals surface area contributed by atoms with Crippen molar-refractivity contribution in [1.82, 2.24) is 5.32 Å². The molecule has 0 spiro atoms. The molecule has 1 aromatic rings. The van der Waals surface area contributed by atoms with Crippen molar-refractivity contribution in [1.29, 1.82) is 0 Å². The average molecular weight is 265 g/mol. The van der Waals surface area contributed by atoms with E-state index in [0.717, 1.165) is 24.8 Å². The normalized spacial score (nSPS) is 27.5. The van der Waals surface area contributed by atoms with Crippen LogP contribution in [0.15, 0.2) is 18.2 Å². The Morgan fingerprint density at radius 2 is 2.26 bits per heavy atom. The number of nitrogens with one attached hydrogen (secondary N) is 1. The molecule has 0 radical (unpaired) electrons. The molecule has 1 fully saturated rings. The van der Waals surface area contributed by atoms with Crippen LogP contribution < -0.4 is 5.32 Å². The Hall–Kier alpha value is -0.930. The third-order valence-electron chi connectivity index (χ3n) is 4.09. The lowest BCUT2D eigenvalue weighted by atomic mass is 9.79. The molecule has 0 heterocycles. The highest BCUT2D eigenvalue weighted by atomic mass is 19.1. The summed E-state index contributed by atoms with van der Waals surface area (Å²) < 4.78 is 13.4. The molecule has 3 heteroatoms. The van der Waals surface area contributed by atoms with Crippen LogP contribution in [0.5, 0.6) is 0 Å². The van der Waals surface area contributed by atoms with Crippen molar-refractivity contribution in [2.45, 2.75) is 51.7 Å². The minimum Gasteiger partial charge on any atom is -0.389 e. The predicted molar refractivity (Wildman–Crippen MR) is 75.4 cm³/mol. The lowest BCUT2D eigenvalue weighted by Gasteiger charge is -2.35. The van der Waals surface area contributed by atoms with Crippen molar-refractivity contribution in [3.63, 3.8) is 0 Å². The zero-order chi connectivity index (χ0) is 13.9. The molecule has 2 rings (SSSR count). The molecule has 2 N–H and O–H groups in total. The van der Waals surface area contributed by atoms with Gasteiger partial charge in [0.25, 0.3) is 0 Å². The Bertz CT molecular complexity index is 435. The van der Waals surface area contributed by atoms with E-state index >= 15 is 0 Å². The van der Waals surface area contributed by atoms with Crippen LogP contribution >= 0.6 is 0 Å². The van der Waals surface area contributed by atoms with E-state index in [1.54, 1.807) is 19.1 Å². The van der Waals surface area contributed by atoms with Crippen molar-refractivity contribution in [3.05, 3.63) is 35.1 Å². The first-order chi connectivity index (χ1) is 8.98. The van der Waals surface area contributed by atoms with E-state index in [9.17, 15) is 9.50 Å². The van der Waals surface area contributed by atoms with Crippen LogP contribution in [0.25, 0.3) is 0 Å². The number of benzene rings is 1. The molecule has 2 nitrogen and oxygen atoms in total.